The molecule has 1 N–H and O–H groups in total. The first-order valence-corrected chi connectivity index (χ1v) is 7.65. The number of hydrogen-bond acceptors (Lipinski definition) is 5. The van der Waals surface area contributed by atoms with Crippen LogP contribution < -0.4 is 4.72 Å². The van der Waals surface area contributed by atoms with E-state index in [2.05, 4.69) is 14.4 Å². The van der Waals surface area contributed by atoms with E-state index in [0.717, 1.165) is 24.8 Å². The molecule has 0 fully saturated rings. The lowest BCUT2D eigenvalue weighted by atomic mass is 10.2. The maximum absolute atomic E-state index is 14.0. The fourth-order valence-corrected chi connectivity index (χ4v) is 2.81. The van der Waals surface area contributed by atoms with Crippen LogP contribution in [0.1, 0.15) is 15.9 Å². The number of nitrogens with zero attached hydrogens (tertiary/aromatic N) is 1. The first-order chi connectivity index (χ1) is 10.3. The van der Waals surface area contributed by atoms with E-state index < -0.39 is 26.7 Å². The predicted octanol–water partition coefficient (Wildman–Crippen LogP) is 2.12. The van der Waals surface area contributed by atoms with Crippen molar-refractivity contribution in [3.05, 3.63) is 53.5 Å². The van der Waals surface area contributed by atoms with E-state index >= 15 is 0 Å². The third-order valence-electron chi connectivity index (χ3n) is 2.80. The Morgan fingerprint density at radius 2 is 2.00 bits per heavy atom. The van der Waals surface area contributed by atoms with Gasteiger partial charge in [-0.25, -0.2) is 22.6 Å². The zero-order valence-corrected chi connectivity index (χ0v) is 12.6. The number of pyridine rings is 1. The minimum atomic E-state index is -4.15. The molecule has 2 aromatic rings. The smallest absolute Gasteiger partial charge is 0.337 e. The Labute approximate surface area is 127 Å². The van der Waals surface area contributed by atoms with Gasteiger partial charge >= 0.3 is 5.97 Å². The summed E-state index contributed by atoms with van der Waals surface area (Å²) in [5.41, 5.74) is 0.724. The molecule has 0 amide bonds. The molecule has 116 valence electrons. The zero-order chi connectivity index (χ0) is 16.3. The molecule has 1 heterocycles. The van der Waals surface area contributed by atoms with Crippen molar-refractivity contribution in [3.63, 3.8) is 0 Å². The number of aryl methyl sites for hydroxylation is 1. The van der Waals surface area contributed by atoms with Crippen LogP contribution in [-0.2, 0) is 14.8 Å². The second kappa shape index (κ2) is 6.10. The molecule has 22 heavy (non-hydrogen) atoms. The number of hydrogen-bond donors (Lipinski definition) is 1. The van der Waals surface area contributed by atoms with Crippen molar-refractivity contribution in [2.24, 2.45) is 0 Å². The summed E-state index contributed by atoms with van der Waals surface area (Å²) in [4.78, 5) is 14.6. The number of carbonyl (C=O) groups is 1. The van der Waals surface area contributed by atoms with Gasteiger partial charge < -0.3 is 4.74 Å². The molecule has 1 aromatic heterocycles. The molecular weight excluding hydrogens is 311 g/mol. The van der Waals surface area contributed by atoms with Crippen molar-refractivity contribution < 1.29 is 22.3 Å². The highest BCUT2D eigenvalue weighted by atomic mass is 32.2. The molecule has 0 radical (unpaired) electrons. The first kappa shape index (κ1) is 15.9. The normalized spacial score (nSPS) is 11.0. The summed E-state index contributed by atoms with van der Waals surface area (Å²) in [7, 11) is -3.00. The second-order valence-corrected chi connectivity index (χ2v) is 6.11. The second-order valence-electron chi connectivity index (χ2n) is 4.46. The summed E-state index contributed by atoms with van der Waals surface area (Å²) in [6.45, 7) is 1.77. The van der Waals surface area contributed by atoms with Crippen molar-refractivity contribution in [2.45, 2.75) is 11.8 Å². The summed E-state index contributed by atoms with van der Waals surface area (Å²) < 4.78 is 45.0. The summed E-state index contributed by atoms with van der Waals surface area (Å²) in [5, 5.41) is 0. The van der Waals surface area contributed by atoms with Crippen LogP contribution in [0.2, 0.25) is 0 Å². The molecule has 0 aliphatic carbocycles. The number of esters is 1. The van der Waals surface area contributed by atoms with Crippen molar-refractivity contribution in [1.82, 2.24) is 4.98 Å². The van der Waals surface area contributed by atoms with E-state index in [4.69, 9.17) is 0 Å². The van der Waals surface area contributed by atoms with Crippen LogP contribution in [0, 0.1) is 12.7 Å². The van der Waals surface area contributed by atoms with Gasteiger partial charge in [-0.1, -0.05) is 0 Å². The number of sulfonamides is 1. The minimum absolute atomic E-state index is 0.0763. The van der Waals surface area contributed by atoms with Gasteiger partial charge in [-0.15, -0.1) is 0 Å². The molecular formula is C14H13FN2O4S. The van der Waals surface area contributed by atoms with Gasteiger partial charge in [-0.05, 0) is 42.8 Å². The maximum atomic E-state index is 14.0. The number of carbonyl (C=O) groups excluding carboxylic acids is 1. The highest BCUT2D eigenvalue weighted by molar-refractivity contribution is 7.92. The van der Waals surface area contributed by atoms with Crippen molar-refractivity contribution in [3.8, 4) is 0 Å². The van der Waals surface area contributed by atoms with E-state index in [0.29, 0.717) is 0 Å². The first-order valence-electron chi connectivity index (χ1n) is 6.17. The number of ether oxygens (including phenoxy) is 1. The lowest BCUT2D eigenvalue weighted by molar-refractivity contribution is 0.0600. The fraction of sp³-hybridized carbons (Fsp3) is 0.143. The number of halogens is 1. The summed E-state index contributed by atoms with van der Waals surface area (Å²) in [6.07, 6.45) is 1.43. The van der Waals surface area contributed by atoms with Crippen LogP contribution in [0.3, 0.4) is 0 Å². The number of benzene rings is 1. The molecule has 0 unspecified atom stereocenters. The quantitative estimate of drug-likeness (QED) is 0.871. The molecule has 0 spiro atoms. The van der Waals surface area contributed by atoms with Crippen molar-refractivity contribution >= 4 is 21.8 Å². The zero-order valence-electron chi connectivity index (χ0n) is 11.8. The molecule has 8 heteroatoms. The van der Waals surface area contributed by atoms with Gasteiger partial charge in [-0.3, -0.25) is 4.72 Å². The van der Waals surface area contributed by atoms with Crippen molar-refractivity contribution in [2.75, 3.05) is 11.8 Å². The molecule has 0 saturated heterocycles. The summed E-state index contributed by atoms with van der Waals surface area (Å²) >= 11 is 0. The largest absolute Gasteiger partial charge is 0.465 e. The third kappa shape index (κ3) is 3.40. The number of methoxy groups -OCH3 is 1. The molecule has 2 rings (SSSR count). The highest BCUT2D eigenvalue weighted by Gasteiger charge is 2.21. The Balaban J connectivity index is 2.35. The molecule has 6 nitrogen and oxygen atoms in total. The van der Waals surface area contributed by atoms with E-state index in [1.165, 1.54) is 18.3 Å². The van der Waals surface area contributed by atoms with E-state index in [1.54, 1.807) is 13.0 Å². The average molecular weight is 324 g/mol. The summed E-state index contributed by atoms with van der Waals surface area (Å²) in [5.74, 6) is -1.73. The fourth-order valence-electron chi connectivity index (χ4n) is 1.75. The number of anilines is 1. The van der Waals surface area contributed by atoms with E-state index in [9.17, 15) is 17.6 Å². The highest BCUT2D eigenvalue weighted by Crippen LogP contribution is 2.19. The number of nitrogens with one attached hydrogen (secondary N) is 1. The lowest BCUT2D eigenvalue weighted by Crippen LogP contribution is -2.16. The van der Waals surface area contributed by atoms with Gasteiger partial charge in [0.15, 0.2) is 0 Å². The number of rotatable bonds is 4. The van der Waals surface area contributed by atoms with E-state index in [-0.39, 0.29) is 11.4 Å². The van der Waals surface area contributed by atoms with Gasteiger partial charge in [0, 0.05) is 6.20 Å². The maximum Gasteiger partial charge on any atom is 0.337 e. The lowest BCUT2D eigenvalue weighted by Gasteiger charge is -2.09. The Morgan fingerprint density at radius 3 is 2.59 bits per heavy atom. The Morgan fingerprint density at radius 1 is 1.27 bits per heavy atom. The van der Waals surface area contributed by atoms with Gasteiger partial charge in [0.25, 0.3) is 10.0 Å². The van der Waals surface area contributed by atoms with Crippen LogP contribution in [0.25, 0.3) is 0 Å². The average Bonchev–Trinajstić information content (AvgIpc) is 2.45. The Kier molecular flexibility index (Phi) is 4.41. The molecule has 0 atom stereocenters. The summed E-state index contributed by atoms with van der Waals surface area (Å²) in [6, 6.07) is 6.19. The molecule has 0 saturated carbocycles. The van der Waals surface area contributed by atoms with Crippen LogP contribution in [0.4, 0.5) is 10.2 Å². The van der Waals surface area contributed by atoms with Gasteiger partial charge in [0.05, 0.1) is 12.7 Å². The van der Waals surface area contributed by atoms with Crippen LogP contribution >= 0.6 is 0 Å². The van der Waals surface area contributed by atoms with Crippen LogP contribution in [0.15, 0.2) is 41.4 Å². The molecule has 0 aliphatic rings. The third-order valence-corrected chi connectivity index (χ3v) is 4.18. The van der Waals surface area contributed by atoms with Gasteiger partial charge in [-0.2, -0.15) is 0 Å². The van der Waals surface area contributed by atoms with Crippen LogP contribution in [0.5, 0.6) is 0 Å². The SMILES string of the molecule is COC(=O)c1ccc(S(=O)(=O)Nc2cc(C)ccn2)c(F)c1. The minimum Gasteiger partial charge on any atom is -0.465 e. The van der Waals surface area contributed by atoms with Gasteiger partial charge in [0.1, 0.15) is 16.5 Å². The monoisotopic (exact) mass is 324 g/mol. The van der Waals surface area contributed by atoms with Crippen LogP contribution in [-0.4, -0.2) is 26.5 Å². The Bertz CT molecular complexity index is 821. The van der Waals surface area contributed by atoms with Gasteiger partial charge in [0.2, 0.25) is 0 Å². The number of aromatic nitrogens is 1. The molecule has 0 bridgehead atoms. The van der Waals surface area contributed by atoms with Crippen molar-refractivity contribution in [1.29, 1.82) is 0 Å². The topological polar surface area (TPSA) is 85.4 Å². The molecule has 1 aromatic carbocycles. The molecule has 0 aliphatic heterocycles. The van der Waals surface area contributed by atoms with E-state index in [1.807, 2.05) is 0 Å². The predicted molar refractivity (Wildman–Crippen MR) is 77.5 cm³/mol. The Hall–Kier alpha value is -2.48. The standard InChI is InChI=1S/C14H13FN2O4S/c1-9-5-6-16-13(7-9)17-22(19,20)12-4-3-10(8-11(12)15)14(18)21-2/h3-8H,1-2H3,(H,16,17).